The molecule has 0 aliphatic rings. The highest BCUT2D eigenvalue weighted by Crippen LogP contribution is 2.23. The van der Waals surface area contributed by atoms with Gasteiger partial charge in [-0.05, 0) is 13.0 Å². The number of carboxylic acid groups (broad SMARTS) is 1. The first-order valence-electron chi connectivity index (χ1n) is 4.01. The number of aliphatic carboxylic acids is 1. The fourth-order valence-corrected chi connectivity index (χ4v) is 0.830. The van der Waals surface area contributed by atoms with Gasteiger partial charge in [-0.25, -0.2) is 9.78 Å². The summed E-state index contributed by atoms with van der Waals surface area (Å²) in [6.07, 6.45) is 0.107. The van der Waals surface area contributed by atoms with Gasteiger partial charge in [0.15, 0.2) is 6.10 Å². The van der Waals surface area contributed by atoms with Gasteiger partial charge in [-0.2, -0.15) is 0 Å². The number of nitrogens with zero attached hydrogens (tertiary/aromatic N) is 2. The van der Waals surface area contributed by atoms with E-state index in [0.29, 0.717) is 0 Å². The minimum absolute atomic E-state index is 0.294. The van der Waals surface area contributed by atoms with Gasteiger partial charge in [-0.1, -0.05) is 0 Å². The molecule has 0 unspecified atom stereocenters. The van der Waals surface area contributed by atoms with Gasteiger partial charge in [0.2, 0.25) is 0 Å². The second-order valence-corrected chi connectivity index (χ2v) is 2.68. The quantitative estimate of drug-likeness (QED) is 0.586. The molecular weight excluding hydrogens is 204 g/mol. The van der Waals surface area contributed by atoms with Crippen molar-refractivity contribution in [3.05, 3.63) is 28.4 Å². The Morgan fingerprint density at radius 1 is 1.73 bits per heavy atom. The van der Waals surface area contributed by atoms with E-state index in [1.54, 1.807) is 0 Å². The lowest BCUT2D eigenvalue weighted by Crippen LogP contribution is -2.23. The third kappa shape index (κ3) is 2.63. The van der Waals surface area contributed by atoms with Crippen LogP contribution in [-0.4, -0.2) is 27.1 Å². The molecule has 0 aliphatic heterocycles. The first-order valence-corrected chi connectivity index (χ1v) is 4.01. The molecule has 80 valence electrons. The molecule has 7 nitrogen and oxygen atoms in total. The van der Waals surface area contributed by atoms with Gasteiger partial charge in [-0.15, -0.1) is 0 Å². The van der Waals surface area contributed by atoms with Gasteiger partial charge in [0, 0.05) is 12.3 Å². The smallest absolute Gasteiger partial charge is 0.344 e. The molecular formula is C8H8N2O5. The van der Waals surface area contributed by atoms with Crippen molar-refractivity contribution in [2.24, 2.45) is 0 Å². The molecule has 1 atom stereocenters. The number of hydrogen-bond donors (Lipinski definition) is 1. The van der Waals surface area contributed by atoms with Crippen LogP contribution in [0.1, 0.15) is 6.92 Å². The lowest BCUT2D eigenvalue weighted by Gasteiger charge is -2.08. The molecule has 1 heterocycles. The van der Waals surface area contributed by atoms with Crippen LogP contribution in [0.4, 0.5) is 5.69 Å². The maximum Gasteiger partial charge on any atom is 0.344 e. The largest absolute Gasteiger partial charge is 0.479 e. The Kier molecular flexibility index (Phi) is 3.17. The van der Waals surface area contributed by atoms with Crippen LogP contribution in [0.25, 0.3) is 0 Å². The summed E-state index contributed by atoms with van der Waals surface area (Å²) in [4.78, 5) is 23.9. The number of pyridine rings is 1. The Hall–Kier alpha value is -2.18. The lowest BCUT2D eigenvalue weighted by molar-refractivity contribution is -0.386. The van der Waals surface area contributed by atoms with Crippen LogP contribution in [0.3, 0.4) is 0 Å². The van der Waals surface area contributed by atoms with Gasteiger partial charge in [0.1, 0.15) is 0 Å². The van der Waals surface area contributed by atoms with Crippen LogP contribution in [0, 0.1) is 10.1 Å². The van der Waals surface area contributed by atoms with Gasteiger partial charge in [0.05, 0.1) is 4.92 Å². The molecule has 0 spiro atoms. The Labute approximate surface area is 84.5 Å². The summed E-state index contributed by atoms with van der Waals surface area (Å²) in [6.45, 7) is 1.26. The molecule has 1 aromatic rings. The highest BCUT2D eigenvalue weighted by Gasteiger charge is 2.21. The van der Waals surface area contributed by atoms with E-state index in [4.69, 9.17) is 9.84 Å². The van der Waals surface area contributed by atoms with E-state index in [0.717, 1.165) is 0 Å². The molecule has 15 heavy (non-hydrogen) atoms. The van der Waals surface area contributed by atoms with Crippen molar-refractivity contribution < 1.29 is 19.6 Å². The van der Waals surface area contributed by atoms with Crippen LogP contribution in [0.15, 0.2) is 18.3 Å². The predicted molar refractivity (Wildman–Crippen MR) is 48.6 cm³/mol. The summed E-state index contributed by atoms with van der Waals surface area (Å²) < 4.78 is 4.82. The second kappa shape index (κ2) is 4.36. The monoisotopic (exact) mass is 212 g/mol. The summed E-state index contributed by atoms with van der Waals surface area (Å²) in [5.74, 6) is -1.51. The normalized spacial score (nSPS) is 11.8. The number of carbonyl (C=O) groups is 1. The summed E-state index contributed by atoms with van der Waals surface area (Å²) in [5, 5.41) is 19.1. The zero-order valence-electron chi connectivity index (χ0n) is 7.78. The fraction of sp³-hybridized carbons (Fsp3) is 0.250. The van der Waals surface area contributed by atoms with Crippen LogP contribution in [0.5, 0.6) is 5.88 Å². The van der Waals surface area contributed by atoms with Crippen molar-refractivity contribution >= 4 is 11.7 Å². The van der Waals surface area contributed by atoms with Crippen LogP contribution < -0.4 is 4.74 Å². The molecule has 0 fully saturated rings. The van der Waals surface area contributed by atoms with Crippen LogP contribution in [-0.2, 0) is 4.79 Å². The van der Waals surface area contributed by atoms with Crippen molar-refractivity contribution in [1.82, 2.24) is 4.98 Å². The molecule has 1 rings (SSSR count). The first kappa shape index (κ1) is 10.9. The Balaban J connectivity index is 2.94. The zero-order chi connectivity index (χ0) is 11.4. The number of hydrogen-bond acceptors (Lipinski definition) is 5. The van der Waals surface area contributed by atoms with E-state index in [1.165, 1.54) is 25.3 Å². The number of nitro groups is 1. The van der Waals surface area contributed by atoms with Crippen LogP contribution in [0.2, 0.25) is 0 Å². The fourth-order valence-electron chi connectivity index (χ4n) is 0.830. The van der Waals surface area contributed by atoms with Crippen molar-refractivity contribution in [3.63, 3.8) is 0 Å². The third-order valence-electron chi connectivity index (χ3n) is 1.58. The highest BCUT2D eigenvalue weighted by molar-refractivity contribution is 5.72. The van der Waals surface area contributed by atoms with Gasteiger partial charge in [-0.3, -0.25) is 10.1 Å². The SMILES string of the molecule is C[C@@H](Oc1ncccc1[N+](=O)[O-])C(=O)O. The molecule has 0 aliphatic carbocycles. The minimum atomic E-state index is -1.21. The first-order chi connectivity index (χ1) is 7.02. The third-order valence-corrected chi connectivity index (χ3v) is 1.58. The second-order valence-electron chi connectivity index (χ2n) is 2.68. The molecule has 0 bridgehead atoms. The van der Waals surface area contributed by atoms with E-state index in [-0.39, 0.29) is 11.6 Å². The van der Waals surface area contributed by atoms with Gasteiger partial charge >= 0.3 is 11.7 Å². The molecule has 0 saturated carbocycles. The average Bonchev–Trinajstić information content (AvgIpc) is 2.18. The predicted octanol–water partition coefficient (Wildman–Crippen LogP) is 0.842. The van der Waals surface area contributed by atoms with E-state index >= 15 is 0 Å². The van der Waals surface area contributed by atoms with Gasteiger partial charge in [0.25, 0.3) is 5.88 Å². The van der Waals surface area contributed by atoms with E-state index in [1.807, 2.05) is 0 Å². The molecule has 0 radical (unpaired) electrons. The molecule has 7 heteroatoms. The van der Waals surface area contributed by atoms with Gasteiger partial charge < -0.3 is 9.84 Å². The average molecular weight is 212 g/mol. The maximum atomic E-state index is 10.5. The Morgan fingerprint density at radius 3 is 2.93 bits per heavy atom. The Bertz CT molecular complexity index is 392. The molecule has 1 aromatic heterocycles. The number of aromatic nitrogens is 1. The molecule has 0 amide bonds. The lowest BCUT2D eigenvalue weighted by atomic mass is 10.4. The Morgan fingerprint density at radius 2 is 2.40 bits per heavy atom. The van der Waals surface area contributed by atoms with Crippen molar-refractivity contribution in [3.8, 4) is 5.88 Å². The number of carboxylic acids is 1. The topological polar surface area (TPSA) is 103 Å². The standard InChI is InChI=1S/C8H8N2O5/c1-5(8(11)12)15-7-6(10(13)14)3-2-4-9-7/h2-5H,1H3,(H,11,12)/t5-/m1/s1. The maximum absolute atomic E-state index is 10.5. The molecule has 0 aromatic carbocycles. The zero-order valence-corrected chi connectivity index (χ0v) is 7.78. The summed E-state index contributed by atoms with van der Waals surface area (Å²) in [7, 11) is 0. The van der Waals surface area contributed by atoms with E-state index in [2.05, 4.69) is 4.98 Å². The van der Waals surface area contributed by atoms with Crippen molar-refractivity contribution in [2.45, 2.75) is 13.0 Å². The molecule has 1 N–H and O–H groups in total. The summed E-state index contributed by atoms with van der Waals surface area (Å²) in [5.41, 5.74) is -0.356. The summed E-state index contributed by atoms with van der Waals surface area (Å²) in [6, 6.07) is 2.56. The highest BCUT2D eigenvalue weighted by atomic mass is 16.6. The van der Waals surface area contributed by atoms with Crippen LogP contribution >= 0.6 is 0 Å². The number of rotatable bonds is 4. The number of ether oxygens (including phenoxy) is 1. The van der Waals surface area contributed by atoms with Crippen molar-refractivity contribution in [2.75, 3.05) is 0 Å². The summed E-state index contributed by atoms with van der Waals surface area (Å²) >= 11 is 0. The minimum Gasteiger partial charge on any atom is -0.479 e. The van der Waals surface area contributed by atoms with Crippen molar-refractivity contribution in [1.29, 1.82) is 0 Å². The van der Waals surface area contributed by atoms with E-state index < -0.39 is 17.0 Å². The molecule has 0 saturated heterocycles. The van der Waals surface area contributed by atoms with E-state index in [9.17, 15) is 14.9 Å².